The molecule has 7 heteroatoms. The maximum atomic E-state index is 11.9. The van der Waals surface area contributed by atoms with Gasteiger partial charge in [-0.1, -0.05) is 11.6 Å². The fourth-order valence-electron chi connectivity index (χ4n) is 1.17. The molecular formula is C9H8ClN3O2S. The Balaban J connectivity index is 2.37. The Hall–Kier alpha value is -1.53. The Morgan fingerprint density at radius 2 is 2.19 bits per heavy atom. The van der Waals surface area contributed by atoms with Crippen LogP contribution < -0.4 is 4.72 Å². The van der Waals surface area contributed by atoms with E-state index in [0.29, 0.717) is 5.69 Å². The van der Waals surface area contributed by atoms with Crippen LogP contribution in [0.3, 0.4) is 0 Å². The molecule has 0 aliphatic carbocycles. The summed E-state index contributed by atoms with van der Waals surface area (Å²) in [5.74, 6) is 0. The Kier molecular flexibility index (Phi) is 2.84. The van der Waals surface area contributed by atoms with E-state index in [2.05, 4.69) is 14.7 Å². The van der Waals surface area contributed by atoms with E-state index >= 15 is 0 Å². The molecule has 2 N–H and O–H groups in total. The molecule has 0 spiro atoms. The average Bonchev–Trinajstić information content (AvgIpc) is 2.70. The molecule has 2 heterocycles. The van der Waals surface area contributed by atoms with Gasteiger partial charge in [0.15, 0.2) is 0 Å². The van der Waals surface area contributed by atoms with Crippen LogP contribution in [0.25, 0.3) is 0 Å². The minimum atomic E-state index is -3.68. The number of anilines is 1. The van der Waals surface area contributed by atoms with Crippen LogP contribution in [0.5, 0.6) is 0 Å². The Morgan fingerprint density at radius 1 is 1.38 bits per heavy atom. The molecule has 0 aromatic carbocycles. The highest BCUT2D eigenvalue weighted by molar-refractivity contribution is 7.92. The topological polar surface area (TPSA) is 74.8 Å². The van der Waals surface area contributed by atoms with Crippen LogP contribution in [-0.2, 0) is 10.0 Å². The average molecular weight is 258 g/mol. The molecule has 2 rings (SSSR count). The lowest BCUT2D eigenvalue weighted by Crippen LogP contribution is -2.13. The van der Waals surface area contributed by atoms with Crippen molar-refractivity contribution in [1.29, 1.82) is 0 Å². The summed E-state index contributed by atoms with van der Waals surface area (Å²) < 4.78 is 26.1. The first-order valence-electron chi connectivity index (χ1n) is 4.36. The molecule has 0 fully saturated rings. The van der Waals surface area contributed by atoms with E-state index in [1.807, 2.05) is 0 Å². The first kappa shape index (κ1) is 11.0. The number of halogens is 1. The van der Waals surface area contributed by atoms with Crippen molar-refractivity contribution in [3.8, 4) is 0 Å². The zero-order valence-electron chi connectivity index (χ0n) is 8.01. The number of aromatic nitrogens is 2. The number of H-pyrrole nitrogens is 1. The van der Waals surface area contributed by atoms with E-state index in [9.17, 15) is 8.42 Å². The van der Waals surface area contributed by atoms with Gasteiger partial charge in [0.05, 0.1) is 5.69 Å². The summed E-state index contributed by atoms with van der Waals surface area (Å²) in [6.45, 7) is 0. The normalized spacial score (nSPS) is 11.3. The van der Waals surface area contributed by atoms with E-state index in [0.717, 1.165) is 0 Å². The van der Waals surface area contributed by atoms with Crippen LogP contribution in [0.2, 0.25) is 5.15 Å². The van der Waals surface area contributed by atoms with Crippen molar-refractivity contribution in [3.63, 3.8) is 0 Å². The molecule has 0 bridgehead atoms. The Morgan fingerprint density at radius 3 is 2.81 bits per heavy atom. The van der Waals surface area contributed by atoms with Crippen molar-refractivity contribution in [2.24, 2.45) is 0 Å². The molecule has 0 amide bonds. The SMILES string of the molecule is O=S(=O)(Nc1cc[nH]c1)c1cccnc1Cl. The van der Waals surface area contributed by atoms with E-state index in [-0.39, 0.29) is 10.0 Å². The fourth-order valence-corrected chi connectivity index (χ4v) is 2.67. The second kappa shape index (κ2) is 4.15. The highest BCUT2D eigenvalue weighted by Gasteiger charge is 2.18. The minimum Gasteiger partial charge on any atom is -0.366 e. The van der Waals surface area contributed by atoms with Crippen LogP contribution in [0.4, 0.5) is 5.69 Å². The summed E-state index contributed by atoms with van der Waals surface area (Å²) in [6.07, 6.45) is 4.57. The quantitative estimate of drug-likeness (QED) is 0.824. The van der Waals surface area contributed by atoms with Gasteiger partial charge in [-0.2, -0.15) is 0 Å². The molecule has 0 aliphatic heterocycles. The molecule has 2 aromatic heterocycles. The van der Waals surface area contributed by atoms with Crippen molar-refractivity contribution in [2.45, 2.75) is 4.90 Å². The molecule has 16 heavy (non-hydrogen) atoms. The first-order chi connectivity index (χ1) is 7.59. The molecule has 0 atom stereocenters. The Bertz CT molecular complexity index is 581. The van der Waals surface area contributed by atoms with Gasteiger partial charge in [0, 0.05) is 18.6 Å². The summed E-state index contributed by atoms with van der Waals surface area (Å²) in [7, 11) is -3.68. The number of hydrogen-bond acceptors (Lipinski definition) is 3. The summed E-state index contributed by atoms with van der Waals surface area (Å²) in [5.41, 5.74) is 0.444. The van der Waals surface area contributed by atoms with Crippen molar-refractivity contribution in [1.82, 2.24) is 9.97 Å². The minimum absolute atomic E-state index is 0.0436. The van der Waals surface area contributed by atoms with Gasteiger partial charge in [-0.05, 0) is 18.2 Å². The van der Waals surface area contributed by atoms with E-state index < -0.39 is 10.0 Å². The molecule has 0 radical (unpaired) electrons. The predicted octanol–water partition coefficient (Wildman–Crippen LogP) is 1.86. The van der Waals surface area contributed by atoms with Crippen LogP contribution in [-0.4, -0.2) is 18.4 Å². The maximum Gasteiger partial charge on any atom is 0.265 e. The van der Waals surface area contributed by atoms with Crippen LogP contribution >= 0.6 is 11.6 Å². The highest BCUT2D eigenvalue weighted by atomic mass is 35.5. The van der Waals surface area contributed by atoms with Crippen molar-refractivity contribution >= 4 is 27.3 Å². The lowest BCUT2D eigenvalue weighted by atomic mass is 10.5. The number of nitrogens with one attached hydrogen (secondary N) is 2. The van der Waals surface area contributed by atoms with Gasteiger partial charge in [0.2, 0.25) is 0 Å². The van der Waals surface area contributed by atoms with Crippen molar-refractivity contribution in [3.05, 3.63) is 41.9 Å². The predicted molar refractivity (Wildman–Crippen MR) is 60.8 cm³/mol. The summed E-state index contributed by atoms with van der Waals surface area (Å²) in [5, 5.41) is -0.0504. The molecule has 0 unspecified atom stereocenters. The van der Waals surface area contributed by atoms with Gasteiger partial charge in [-0.25, -0.2) is 13.4 Å². The Labute approximate surface area is 97.5 Å². The van der Waals surface area contributed by atoms with E-state index in [1.165, 1.54) is 24.5 Å². The smallest absolute Gasteiger partial charge is 0.265 e. The first-order valence-corrected chi connectivity index (χ1v) is 6.22. The third-order valence-electron chi connectivity index (χ3n) is 1.86. The maximum absolute atomic E-state index is 11.9. The lowest BCUT2D eigenvalue weighted by molar-refractivity contribution is 0.601. The zero-order chi connectivity index (χ0) is 11.6. The number of rotatable bonds is 3. The van der Waals surface area contributed by atoms with Gasteiger partial charge in [0.25, 0.3) is 10.0 Å². The van der Waals surface area contributed by atoms with Crippen molar-refractivity contribution < 1.29 is 8.42 Å². The highest BCUT2D eigenvalue weighted by Crippen LogP contribution is 2.20. The number of nitrogens with zero attached hydrogens (tertiary/aromatic N) is 1. The monoisotopic (exact) mass is 257 g/mol. The summed E-state index contributed by atoms with van der Waals surface area (Å²) in [4.78, 5) is 6.41. The molecule has 0 saturated heterocycles. The van der Waals surface area contributed by atoms with E-state index in [4.69, 9.17) is 11.6 Å². The lowest BCUT2D eigenvalue weighted by Gasteiger charge is -2.06. The van der Waals surface area contributed by atoms with Gasteiger partial charge in [-0.3, -0.25) is 4.72 Å². The largest absolute Gasteiger partial charge is 0.366 e. The molecule has 0 saturated carbocycles. The molecular weight excluding hydrogens is 250 g/mol. The number of hydrogen-bond donors (Lipinski definition) is 2. The van der Waals surface area contributed by atoms with Gasteiger partial charge in [-0.15, -0.1) is 0 Å². The van der Waals surface area contributed by atoms with Gasteiger partial charge < -0.3 is 4.98 Å². The molecule has 0 aliphatic rings. The molecule has 2 aromatic rings. The summed E-state index contributed by atoms with van der Waals surface area (Å²) >= 11 is 5.71. The van der Waals surface area contributed by atoms with E-state index in [1.54, 1.807) is 12.3 Å². The number of aromatic amines is 1. The molecule has 5 nitrogen and oxygen atoms in total. The summed E-state index contributed by atoms with van der Waals surface area (Å²) in [6, 6.07) is 4.50. The third kappa shape index (κ3) is 2.17. The zero-order valence-corrected chi connectivity index (χ0v) is 9.59. The van der Waals surface area contributed by atoms with Crippen LogP contribution in [0.1, 0.15) is 0 Å². The third-order valence-corrected chi connectivity index (χ3v) is 3.69. The van der Waals surface area contributed by atoms with Gasteiger partial charge in [0.1, 0.15) is 10.0 Å². The van der Waals surface area contributed by atoms with Gasteiger partial charge >= 0.3 is 0 Å². The molecule has 84 valence electrons. The van der Waals surface area contributed by atoms with Crippen LogP contribution in [0, 0.1) is 0 Å². The standard InChI is InChI=1S/C9H8ClN3O2S/c10-9-8(2-1-4-12-9)16(14,15)13-7-3-5-11-6-7/h1-6,11,13H. The fraction of sp³-hybridized carbons (Fsp3) is 0. The second-order valence-electron chi connectivity index (χ2n) is 3.00. The van der Waals surface area contributed by atoms with Crippen molar-refractivity contribution in [2.75, 3.05) is 4.72 Å². The number of pyridine rings is 1. The van der Waals surface area contributed by atoms with Crippen LogP contribution in [0.15, 0.2) is 41.7 Å². The number of sulfonamides is 1. The second-order valence-corrected chi connectivity index (χ2v) is 5.01.